The van der Waals surface area contributed by atoms with E-state index in [2.05, 4.69) is 56.5 Å². The first kappa shape index (κ1) is 23.5. The van der Waals surface area contributed by atoms with Crippen molar-refractivity contribution < 1.29 is 24.1 Å². The molecule has 1 atom stereocenters. The summed E-state index contributed by atoms with van der Waals surface area (Å²) in [5.41, 5.74) is 5.59. The molecule has 6 heteroatoms. The molecule has 170 valence electrons. The van der Waals surface area contributed by atoms with Crippen LogP contribution in [0.25, 0.3) is 0 Å². The number of hydrogen-bond acceptors (Lipinski definition) is 3. The first-order valence-corrected chi connectivity index (χ1v) is 11.3. The molecule has 0 unspecified atom stereocenters. The topological polar surface area (TPSA) is 49.3 Å². The molecular weight excluding hydrogens is 390 g/mol. The van der Waals surface area contributed by atoms with Crippen molar-refractivity contribution in [3.05, 3.63) is 52.3 Å². The lowest BCUT2D eigenvalue weighted by Gasteiger charge is -2.29. The lowest BCUT2D eigenvalue weighted by molar-refractivity contribution is -1.01. The standard InChI is InChI=1S/C25H37N3O3/c1-18-7-8-25(31-6)22(13-18)15-26-9-11-27(12-10-26)16-24(29)23-14-19(2)28(21(23)4)20(3)17-30-5/h7-8,13-14,20H,9-12,15-17H2,1-6H3/p+2/t20-/m0/s1. The molecule has 2 heterocycles. The SMILES string of the molecule is COC[C@H](C)n1c(C)cc(C(=O)C[NH+]2CC[NH+](Cc3cc(C)ccc3OC)CC2)c1C. The summed E-state index contributed by atoms with van der Waals surface area (Å²) in [7, 11) is 3.46. The van der Waals surface area contributed by atoms with Crippen molar-refractivity contribution in [2.75, 3.05) is 53.6 Å². The van der Waals surface area contributed by atoms with Gasteiger partial charge in [0.15, 0.2) is 0 Å². The Morgan fingerprint density at radius 1 is 1.06 bits per heavy atom. The maximum absolute atomic E-state index is 13.1. The molecule has 0 aliphatic carbocycles. The van der Waals surface area contributed by atoms with Crippen LogP contribution in [0.4, 0.5) is 0 Å². The van der Waals surface area contributed by atoms with Crippen LogP contribution in [0.5, 0.6) is 5.75 Å². The summed E-state index contributed by atoms with van der Waals surface area (Å²) >= 11 is 0. The number of carbonyl (C=O) groups excluding carboxylic acids is 1. The van der Waals surface area contributed by atoms with Gasteiger partial charge in [0.05, 0.1) is 19.8 Å². The predicted molar refractivity (Wildman–Crippen MR) is 123 cm³/mol. The van der Waals surface area contributed by atoms with Crippen LogP contribution in [0, 0.1) is 20.8 Å². The Hall–Kier alpha value is -2.15. The second-order valence-corrected chi connectivity index (χ2v) is 9.05. The Bertz CT molecular complexity index is 898. The third-order valence-electron chi connectivity index (χ3n) is 6.58. The van der Waals surface area contributed by atoms with E-state index in [1.807, 2.05) is 0 Å². The number of rotatable bonds is 9. The molecule has 2 aromatic rings. The smallest absolute Gasteiger partial charge is 0.218 e. The minimum absolute atomic E-state index is 0.227. The molecule has 0 amide bonds. The van der Waals surface area contributed by atoms with E-state index in [-0.39, 0.29) is 11.8 Å². The van der Waals surface area contributed by atoms with Crippen molar-refractivity contribution in [1.29, 1.82) is 0 Å². The summed E-state index contributed by atoms with van der Waals surface area (Å²) in [5.74, 6) is 1.23. The number of Topliss-reactive ketones (excluding diaryl/α,β-unsaturated/α-hetero) is 1. The van der Waals surface area contributed by atoms with Gasteiger partial charge in [-0.1, -0.05) is 11.6 Å². The van der Waals surface area contributed by atoms with Gasteiger partial charge in [-0.15, -0.1) is 0 Å². The van der Waals surface area contributed by atoms with E-state index in [4.69, 9.17) is 9.47 Å². The minimum atomic E-state index is 0.227. The van der Waals surface area contributed by atoms with Gasteiger partial charge in [0.1, 0.15) is 45.0 Å². The monoisotopic (exact) mass is 429 g/mol. The molecule has 1 aliphatic rings. The molecule has 0 spiro atoms. The highest BCUT2D eigenvalue weighted by Crippen LogP contribution is 2.21. The highest BCUT2D eigenvalue weighted by atomic mass is 16.5. The van der Waals surface area contributed by atoms with E-state index in [9.17, 15) is 4.79 Å². The highest BCUT2D eigenvalue weighted by molar-refractivity contribution is 5.98. The Labute approximate surface area is 186 Å². The van der Waals surface area contributed by atoms with Crippen LogP contribution in [0.2, 0.25) is 0 Å². The number of nitrogens with one attached hydrogen (secondary N) is 2. The zero-order valence-electron chi connectivity index (χ0n) is 20.0. The Morgan fingerprint density at radius 2 is 1.74 bits per heavy atom. The number of aryl methyl sites for hydroxylation is 2. The number of benzene rings is 1. The van der Waals surface area contributed by atoms with Crippen molar-refractivity contribution in [3.8, 4) is 5.75 Å². The van der Waals surface area contributed by atoms with E-state index in [1.54, 1.807) is 19.1 Å². The average Bonchev–Trinajstić information content (AvgIpc) is 3.04. The zero-order chi connectivity index (χ0) is 22.5. The van der Waals surface area contributed by atoms with Gasteiger partial charge in [-0.05, 0) is 45.9 Å². The van der Waals surface area contributed by atoms with Crippen molar-refractivity contribution in [2.24, 2.45) is 0 Å². The molecule has 1 aromatic carbocycles. The van der Waals surface area contributed by atoms with Crippen LogP contribution in [0.1, 0.15) is 45.8 Å². The third-order valence-corrected chi connectivity index (χ3v) is 6.58. The fourth-order valence-corrected chi connectivity index (χ4v) is 5.00. The Balaban J connectivity index is 1.57. The number of piperazine rings is 1. The average molecular weight is 430 g/mol. The number of aromatic nitrogens is 1. The fourth-order valence-electron chi connectivity index (χ4n) is 5.00. The summed E-state index contributed by atoms with van der Waals surface area (Å²) in [4.78, 5) is 16.0. The molecule has 1 fully saturated rings. The van der Waals surface area contributed by atoms with Crippen LogP contribution in [0.15, 0.2) is 24.3 Å². The maximum Gasteiger partial charge on any atom is 0.218 e. The third kappa shape index (κ3) is 5.56. The molecule has 0 saturated carbocycles. The number of ketones is 1. The predicted octanol–water partition coefficient (Wildman–Crippen LogP) is 0.796. The van der Waals surface area contributed by atoms with E-state index in [0.29, 0.717) is 13.2 Å². The minimum Gasteiger partial charge on any atom is -0.496 e. The Morgan fingerprint density at radius 3 is 2.39 bits per heavy atom. The summed E-state index contributed by atoms with van der Waals surface area (Å²) in [5, 5.41) is 0. The van der Waals surface area contributed by atoms with E-state index in [1.165, 1.54) is 16.0 Å². The van der Waals surface area contributed by atoms with Gasteiger partial charge in [0.25, 0.3) is 0 Å². The van der Waals surface area contributed by atoms with Crippen LogP contribution in [-0.4, -0.2) is 63.9 Å². The zero-order valence-corrected chi connectivity index (χ0v) is 20.0. The molecule has 6 nitrogen and oxygen atoms in total. The normalized spacial score (nSPS) is 19.9. The van der Waals surface area contributed by atoms with Gasteiger partial charge < -0.3 is 23.8 Å². The van der Waals surface area contributed by atoms with Crippen LogP contribution >= 0.6 is 0 Å². The largest absolute Gasteiger partial charge is 0.496 e. The first-order chi connectivity index (χ1) is 14.8. The second-order valence-electron chi connectivity index (χ2n) is 9.05. The number of hydrogen-bond donors (Lipinski definition) is 2. The molecule has 31 heavy (non-hydrogen) atoms. The number of ether oxygens (including phenoxy) is 2. The fraction of sp³-hybridized carbons (Fsp3) is 0.560. The molecule has 0 bridgehead atoms. The van der Waals surface area contributed by atoms with Gasteiger partial charge in [-0.2, -0.15) is 0 Å². The molecule has 1 saturated heterocycles. The van der Waals surface area contributed by atoms with Gasteiger partial charge in [-0.25, -0.2) is 0 Å². The molecule has 1 aromatic heterocycles. The quantitative estimate of drug-likeness (QED) is 0.580. The second kappa shape index (κ2) is 10.4. The summed E-state index contributed by atoms with van der Waals surface area (Å²) in [6.45, 7) is 14.8. The number of nitrogens with zero attached hydrogens (tertiary/aromatic N) is 1. The van der Waals surface area contributed by atoms with Crippen molar-refractivity contribution >= 4 is 5.78 Å². The number of carbonyl (C=O) groups is 1. The molecular formula is C25H39N3O3+2. The lowest BCUT2D eigenvalue weighted by Crippen LogP contribution is -3.27. The lowest BCUT2D eigenvalue weighted by atomic mass is 10.1. The van der Waals surface area contributed by atoms with Gasteiger partial charge in [-0.3, -0.25) is 4.79 Å². The van der Waals surface area contributed by atoms with Gasteiger partial charge in [0, 0.05) is 29.6 Å². The summed E-state index contributed by atoms with van der Waals surface area (Å²) < 4.78 is 13.1. The summed E-state index contributed by atoms with van der Waals surface area (Å²) in [6, 6.07) is 8.67. The van der Waals surface area contributed by atoms with Crippen LogP contribution < -0.4 is 14.5 Å². The molecule has 0 radical (unpaired) electrons. The molecule has 1 aliphatic heterocycles. The number of methoxy groups -OCH3 is 2. The molecule has 2 N–H and O–H groups in total. The van der Waals surface area contributed by atoms with Crippen molar-refractivity contribution in [3.63, 3.8) is 0 Å². The van der Waals surface area contributed by atoms with Crippen molar-refractivity contribution in [2.45, 2.75) is 40.3 Å². The summed E-state index contributed by atoms with van der Waals surface area (Å²) in [6.07, 6.45) is 0. The Kier molecular flexibility index (Phi) is 7.92. The van der Waals surface area contributed by atoms with E-state index in [0.717, 1.165) is 55.4 Å². The number of quaternary nitrogens is 2. The van der Waals surface area contributed by atoms with Gasteiger partial charge in [0.2, 0.25) is 5.78 Å². The van der Waals surface area contributed by atoms with Gasteiger partial charge >= 0.3 is 0 Å². The maximum atomic E-state index is 13.1. The van der Waals surface area contributed by atoms with Crippen molar-refractivity contribution in [1.82, 2.24) is 4.57 Å². The van der Waals surface area contributed by atoms with E-state index < -0.39 is 0 Å². The highest BCUT2D eigenvalue weighted by Gasteiger charge is 2.28. The van der Waals surface area contributed by atoms with Crippen LogP contribution in [0.3, 0.4) is 0 Å². The van der Waals surface area contributed by atoms with Crippen LogP contribution in [-0.2, 0) is 11.3 Å². The first-order valence-electron chi connectivity index (χ1n) is 11.3. The van der Waals surface area contributed by atoms with E-state index >= 15 is 0 Å². The molecule has 3 rings (SSSR count).